The molecule has 0 aliphatic rings. The molecule has 0 aromatic carbocycles. The zero-order chi connectivity index (χ0) is 12.5. The van der Waals surface area contributed by atoms with Crippen molar-refractivity contribution in [2.24, 2.45) is 0 Å². The van der Waals surface area contributed by atoms with Crippen LogP contribution in [-0.2, 0) is 12.0 Å². The summed E-state index contributed by atoms with van der Waals surface area (Å²) in [6.45, 7) is 7.45. The van der Waals surface area contributed by atoms with Crippen LogP contribution in [0.2, 0.25) is 0 Å². The molecule has 0 radical (unpaired) electrons. The van der Waals surface area contributed by atoms with Crippen molar-refractivity contribution in [3.8, 4) is 10.6 Å². The van der Waals surface area contributed by atoms with Gasteiger partial charge in [-0.1, -0.05) is 20.8 Å². The molecular weight excluding hydrogens is 232 g/mol. The first-order valence-corrected chi connectivity index (χ1v) is 6.51. The van der Waals surface area contributed by atoms with Crippen molar-refractivity contribution in [3.63, 3.8) is 0 Å². The van der Waals surface area contributed by atoms with Crippen LogP contribution in [0, 0.1) is 0 Å². The number of hydrogen-bond donors (Lipinski definition) is 1. The van der Waals surface area contributed by atoms with Crippen molar-refractivity contribution >= 4 is 11.3 Å². The number of nitrogens with one attached hydrogen (secondary N) is 1. The number of hydrogen-bond acceptors (Lipinski definition) is 4. The Balaban J connectivity index is 2.45. The normalized spacial score (nSPS) is 12.0. The Morgan fingerprint density at radius 2 is 2.18 bits per heavy atom. The van der Waals surface area contributed by atoms with E-state index in [9.17, 15) is 0 Å². The third kappa shape index (κ3) is 2.58. The summed E-state index contributed by atoms with van der Waals surface area (Å²) in [5.41, 5.74) is 2.31. The van der Waals surface area contributed by atoms with E-state index in [1.165, 1.54) is 10.6 Å². The van der Waals surface area contributed by atoms with Crippen LogP contribution in [0.1, 0.15) is 31.3 Å². The average Bonchev–Trinajstić information content (AvgIpc) is 2.82. The zero-order valence-electron chi connectivity index (χ0n) is 10.7. The fourth-order valence-electron chi connectivity index (χ4n) is 1.73. The minimum atomic E-state index is 0.0741. The molecule has 0 fully saturated rings. The van der Waals surface area contributed by atoms with Gasteiger partial charge in [-0.3, -0.25) is 0 Å². The van der Waals surface area contributed by atoms with Crippen molar-refractivity contribution in [1.29, 1.82) is 0 Å². The number of rotatable bonds is 3. The van der Waals surface area contributed by atoms with Gasteiger partial charge in [0.05, 0.1) is 12.0 Å². The smallest absolute Gasteiger partial charge is 0.127 e. The summed E-state index contributed by atoms with van der Waals surface area (Å²) in [6.07, 6.45) is 3.43. The molecule has 4 heteroatoms. The molecule has 0 aliphatic heterocycles. The number of furan rings is 1. The second kappa shape index (κ2) is 4.63. The number of thiazole rings is 1. The number of nitrogens with zero attached hydrogens (tertiary/aromatic N) is 1. The van der Waals surface area contributed by atoms with Gasteiger partial charge in [0.15, 0.2) is 0 Å². The van der Waals surface area contributed by atoms with Crippen LogP contribution >= 0.6 is 11.3 Å². The Morgan fingerprint density at radius 1 is 1.41 bits per heavy atom. The molecule has 0 saturated heterocycles. The summed E-state index contributed by atoms with van der Waals surface area (Å²) >= 11 is 1.74. The van der Waals surface area contributed by atoms with Crippen molar-refractivity contribution < 1.29 is 4.42 Å². The highest BCUT2D eigenvalue weighted by atomic mass is 32.1. The summed E-state index contributed by atoms with van der Waals surface area (Å²) in [5.74, 6) is 0. The van der Waals surface area contributed by atoms with Gasteiger partial charge in [0.2, 0.25) is 0 Å². The summed E-state index contributed by atoms with van der Waals surface area (Å²) in [6, 6.07) is 1.95. The lowest BCUT2D eigenvalue weighted by Gasteiger charge is -2.17. The van der Waals surface area contributed by atoms with Crippen LogP contribution in [-0.4, -0.2) is 12.0 Å². The van der Waals surface area contributed by atoms with Gasteiger partial charge in [-0.2, -0.15) is 0 Å². The molecule has 3 nitrogen and oxygen atoms in total. The Hall–Kier alpha value is -1.13. The van der Waals surface area contributed by atoms with E-state index in [-0.39, 0.29) is 5.41 Å². The second-order valence-electron chi connectivity index (χ2n) is 5.08. The quantitative estimate of drug-likeness (QED) is 0.907. The third-order valence-corrected chi connectivity index (χ3v) is 3.62. The first-order valence-electron chi connectivity index (χ1n) is 5.69. The van der Waals surface area contributed by atoms with Gasteiger partial charge in [-0.15, -0.1) is 11.3 Å². The van der Waals surface area contributed by atoms with Crippen molar-refractivity contribution in [2.45, 2.75) is 32.7 Å². The Labute approximate surface area is 106 Å². The van der Waals surface area contributed by atoms with Gasteiger partial charge in [0.1, 0.15) is 11.3 Å². The van der Waals surface area contributed by atoms with Crippen molar-refractivity contribution in [2.75, 3.05) is 7.05 Å². The molecule has 0 atom stereocenters. The summed E-state index contributed by atoms with van der Waals surface area (Å²) in [7, 11) is 1.96. The van der Waals surface area contributed by atoms with E-state index in [4.69, 9.17) is 9.40 Å². The highest BCUT2D eigenvalue weighted by molar-refractivity contribution is 7.15. The minimum Gasteiger partial charge on any atom is -0.472 e. The fraction of sp³-hybridized carbons (Fsp3) is 0.462. The van der Waals surface area contributed by atoms with E-state index < -0.39 is 0 Å². The molecule has 0 amide bonds. The van der Waals surface area contributed by atoms with Gasteiger partial charge in [0.25, 0.3) is 0 Å². The molecule has 0 bridgehead atoms. The lowest BCUT2D eigenvalue weighted by atomic mass is 9.91. The van der Waals surface area contributed by atoms with E-state index in [2.05, 4.69) is 26.1 Å². The molecule has 92 valence electrons. The van der Waals surface area contributed by atoms with Gasteiger partial charge < -0.3 is 9.73 Å². The van der Waals surface area contributed by atoms with Gasteiger partial charge in [-0.05, 0) is 13.1 Å². The first-order chi connectivity index (χ1) is 8.02. The topological polar surface area (TPSA) is 38.1 Å². The molecule has 0 unspecified atom stereocenters. The Morgan fingerprint density at radius 3 is 2.71 bits per heavy atom. The average molecular weight is 250 g/mol. The standard InChI is InChI=1S/C13H18N2OS/c1-13(2,3)11-10(7-14-4)17-12(15-11)9-5-6-16-8-9/h5-6,8,14H,7H2,1-4H3. The van der Waals surface area contributed by atoms with Gasteiger partial charge >= 0.3 is 0 Å². The van der Waals surface area contributed by atoms with E-state index in [1.54, 1.807) is 23.9 Å². The Bertz CT molecular complexity index is 480. The molecule has 0 spiro atoms. The van der Waals surface area contributed by atoms with Crippen LogP contribution in [0.3, 0.4) is 0 Å². The second-order valence-corrected chi connectivity index (χ2v) is 6.17. The maximum absolute atomic E-state index is 5.11. The lowest BCUT2D eigenvalue weighted by Crippen LogP contribution is -2.16. The highest BCUT2D eigenvalue weighted by Crippen LogP contribution is 2.34. The molecule has 17 heavy (non-hydrogen) atoms. The molecule has 2 aromatic rings. The minimum absolute atomic E-state index is 0.0741. The molecule has 0 aliphatic carbocycles. The largest absolute Gasteiger partial charge is 0.472 e. The van der Waals surface area contributed by atoms with Crippen molar-refractivity contribution in [3.05, 3.63) is 29.2 Å². The van der Waals surface area contributed by atoms with Crippen LogP contribution in [0.15, 0.2) is 23.0 Å². The lowest BCUT2D eigenvalue weighted by molar-refractivity contribution is 0.562. The molecular formula is C13H18N2OS. The fourth-order valence-corrected chi connectivity index (χ4v) is 3.00. The number of aromatic nitrogens is 1. The molecule has 0 saturated carbocycles. The SMILES string of the molecule is CNCc1sc(-c2ccoc2)nc1C(C)(C)C. The van der Waals surface area contributed by atoms with Gasteiger partial charge in [0, 0.05) is 22.4 Å². The molecule has 2 rings (SSSR count). The zero-order valence-corrected chi connectivity index (χ0v) is 11.5. The summed E-state index contributed by atoms with van der Waals surface area (Å²) < 4.78 is 5.11. The third-order valence-electron chi connectivity index (χ3n) is 2.51. The summed E-state index contributed by atoms with van der Waals surface area (Å²) in [5, 5.41) is 4.24. The van der Waals surface area contributed by atoms with E-state index in [0.717, 1.165) is 17.1 Å². The predicted molar refractivity (Wildman–Crippen MR) is 71.3 cm³/mol. The molecule has 2 heterocycles. The summed E-state index contributed by atoms with van der Waals surface area (Å²) in [4.78, 5) is 6.06. The Kier molecular flexibility index (Phi) is 3.35. The monoisotopic (exact) mass is 250 g/mol. The first kappa shape index (κ1) is 12.3. The van der Waals surface area contributed by atoms with Gasteiger partial charge in [-0.25, -0.2) is 4.98 Å². The highest BCUT2D eigenvalue weighted by Gasteiger charge is 2.23. The van der Waals surface area contributed by atoms with E-state index in [0.29, 0.717) is 0 Å². The predicted octanol–water partition coefficient (Wildman–Crippen LogP) is 3.42. The van der Waals surface area contributed by atoms with Crippen LogP contribution < -0.4 is 5.32 Å². The molecule has 2 aromatic heterocycles. The maximum atomic E-state index is 5.11. The van der Waals surface area contributed by atoms with Crippen LogP contribution in [0.25, 0.3) is 10.6 Å². The van der Waals surface area contributed by atoms with E-state index >= 15 is 0 Å². The van der Waals surface area contributed by atoms with Crippen LogP contribution in [0.4, 0.5) is 0 Å². The van der Waals surface area contributed by atoms with Crippen molar-refractivity contribution in [1.82, 2.24) is 10.3 Å². The van der Waals surface area contributed by atoms with Crippen LogP contribution in [0.5, 0.6) is 0 Å². The maximum Gasteiger partial charge on any atom is 0.127 e. The molecule has 1 N–H and O–H groups in total. The van der Waals surface area contributed by atoms with E-state index in [1.807, 2.05) is 13.1 Å².